The van der Waals surface area contributed by atoms with Gasteiger partial charge in [-0.25, -0.2) is 17.5 Å². The number of fused-ring (bicyclic) bond motifs is 1. The number of carbonyl (C=O) groups is 2. The number of amides is 1. The highest BCUT2D eigenvalue weighted by Gasteiger charge is 2.38. The molecule has 0 aromatic heterocycles. The van der Waals surface area contributed by atoms with Crippen molar-refractivity contribution in [2.45, 2.75) is 89.3 Å². The van der Waals surface area contributed by atoms with Gasteiger partial charge >= 0.3 is 0 Å². The average Bonchev–Trinajstić information content (AvgIpc) is 3.41. The quantitative estimate of drug-likeness (QED) is 0.231. The van der Waals surface area contributed by atoms with Crippen molar-refractivity contribution >= 4 is 27.7 Å². The van der Waals surface area contributed by atoms with Gasteiger partial charge in [0.25, 0.3) is 10.0 Å². The topological polar surface area (TPSA) is 157 Å². The zero-order valence-electron chi connectivity index (χ0n) is 22.2. The Morgan fingerprint density at radius 2 is 1.89 bits per heavy atom. The molecule has 2 aliphatic heterocycles. The molecule has 0 radical (unpaired) electrons. The van der Waals surface area contributed by atoms with E-state index in [1.54, 1.807) is 18.7 Å². The van der Waals surface area contributed by atoms with Crippen LogP contribution in [0.25, 0.3) is 0 Å². The number of ketones is 1. The van der Waals surface area contributed by atoms with Crippen molar-refractivity contribution in [2.24, 2.45) is 16.5 Å². The number of aliphatic imine (C=N–C) groups is 1. The molecule has 1 aromatic rings. The summed E-state index contributed by atoms with van der Waals surface area (Å²) in [7, 11) is -4.03. The third-order valence-corrected chi connectivity index (χ3v) is 8.87. The normalized spacial score (nSPS) is 20.4. The number of hydrogen-bond donors (Lipinski definition) is 3. The Labute approximate surface area is 218 Å². The van der Waals surface area contributed by atoms with E-state index in [9.17, 15) is 22.4 Å². The second-order valence-electron chi connectivity index (χ2n) is 10.5. The summed E-state index contributed by atoms with van der Waals surface area (Å²) in [5.74, 6) is -0.697. The van der Waals surface area contributed by atoms with Crippen LogP contribution in [0.3, 0.4) is 0 Å². The predicted octanol–water partition coefficient (Wildman–Crippen LogP) is 1.56. The summed E-state index contributed by atoms with van der Waals surface area (Å²) in [5, 5.41) is 0. The van der Waals surface area contributed by atoms with Crippen molar-refractivity contribution in [3.05, 3.63) is 22.3 Å². The van der Waals surface area contributed by atoms with Gasteiger partial charge in [0.2, 0.25) is 11.9 Å². The van der Waals surface area contributed by atoms with E-state index >= 15 is 0 Å². The molecule has 1 fully saturated rings. The highest BCUT2D eigenvalue weighted by Crippen LogP contribution is 2.43. The summed E-state index contributed by atoms with van der Waals surface area (Å²) in [5.41, 5.74) is 13.8. The summed E-state index contributed by atoms with van der Waals surface area (Å²) in [6.07, 6.45) is 2.40. The van der Waals surface area contributed by atoms with E-state index in [4.69, 9.17) is 16.2 Å². The molecule has 1 saturated heterocycles. The second-order valence-corrected chi connectivity index (χ2v) is 12.1. The number of halogens is 1. The second kappa shape index (κ2) is 10.9. The van der Waals surface area contributed by atoms with Gasteiger partial charge in [0, 0.05) is 18.5 Å². The van der Waals surface area contributed by atoms with E-state index in [1.807, 2.05) is 20.8 Å². The monoisotopic (exact) mass is 539 g/mol. The van der Waals surface area contributed by atoms with Gasteiger partial charge in [-0.3, -0.25) is 19.5 Å². The molecule has 10 nitrogen and oxygen atoms in total. The van der Waals surface area contributed by atoms with Crippen molar-refractivity contribution in [2.75, 3.05) is 19.8 Å². The van der Waals surface area contributed by atoms with Crippen LogP contribution in [-0.2, 0) is 26.0 Å². The van der Waals surface area contributed by atoms with Crippen LogP contribution < -0.4 is 20.9 Å². The van der Waals surface area contributed by atoms with Gasteiger partial charge < -0.3 is 16.2 Å². The highest BCUT2D eigenvalue weighted by molar-refractivity contribution is 7.90. The van der Waals surface area contributed by atoms with E-state index in [-0.39, 0.29) is 23.8 Å². The number of Topliss-reactive ketones (excluding diaryl/α,β-unsaturated/α-hetero) is 1. The average molecular weight is 540 g/mol. The summed E-state index contributed by atoms with van der Waals surface area (Å²) in [6.45, 7) is 8.71. The minimum Gasteiger partial charge on any atom is -0.487 e. The van der Waals surface area contributed by atoms with E-state index < -0.39 is 46.1 Å². The number of nitrogens with two attached hydrogens (primary N) is 2. The minimum absolute atomic E-state index is 0.114. The third-order valence-electron chi connectivity index (χ3n) is 7.24. The standard InChI is InChI=1S/C25H38FN5O5S/c1-14-15(2)22(16(3)17-12-25(4,5)36-21(14)17)37(34,35)30-24(28)29-10-6-8-18(20(32)13-26)31-11-7-9-19(31)23(27)33/h18-19H,6-13H2,1-5H3,(H2,27,33)(H3,28,29,30)/t18-,19?/m0/s1. The van der Waals surface area contributed by atoms with Crippen LogP contribution in [-0.4, -0.2) is 68.4 Å². The molecular weight excluding hydrogens is 501 g/mol. The van der Waals surface area contributed by atoms with Crippen molar-refractivity contribution < 1.29 is 27.1 Å². The number of hydrogen-bond acceptors (Lipinski definition) is 7. The van der Waals surface area contributed by atoms with Gasteiger partial charge in [0.05, 0.1) is 17.0 Å². The molecule has 0 saturated carbocycles. The van der Waals surface area contributed by atoms with Crippen LogP contribution in [0.2, 0.25) is 0 Å². The Hall–Kier alpha value is -2.73. The van der Waals surface area contributed by atoms with Crippen molar-refractivity contribution in [1.82, 2.24) is 9.62 Å². The van der Waals surface area contributed by atoms with Gasteiger partial charge in [-0.2, -0.15) is 0 Å². The molecule has 0 aliphatic carbocycles. The molecule has 1 unspecified atom stereocenters. The van der Waals surface area contributed by atoms with Gasteiger partial charge in [-0.15, -0.1) is 0 Å². The van der Waals surface area contributed by atoms with Crippen molar-refractivity contribution in [1.29, 1.82) is 0 Å². The molecule has 0 spiro atoms. The van der Waals surface area contributed by atoms with Crippen molar-refractivity contribution in [3.8, 4) is 5.75 Å². The smallest absolute Gasteiger partial charge is 0.264 e. The number of ether oxygens (including phenoxy) is 1. The number of sulfonamides is 1. The molecule has 37 heavy (non-hydrogen) atoms. The number of nitrogens with zero attached hydrogens (tertiary/aromatic N) is 2. The summed E-state index contributed by atoms with van der Waals surface area (Å²) >= 11 is 0. The van der Waals surface area contributed by atoms with E-state index in [2.05, 4.69) is 9.71 Å². The molecule has 1 amide bonds. The third kappa shape index (κ3) is 6.06. The molecule has 12 heteroatoms. The maximum Gasteiger partial charge on any atom is 0.264 e. The van der Waals surface area contributed by atoms with Crippen LogP contribution in [0.4, 0.5) is 4.39 Å². The number of carbonyl (C=O) groups excluding carboxylic acids is 2. The summed E-state index contributed by atoms with van der Waals surface area (Å²) < 4.78 is 48.2. The van der Waals surface area contributed by atoms with Gasteiger partial charge in [0.15, 0.2) is 5.78 Å². The number of primary amides is 1. The zero-order chi connectivity index (χ0) is 27.7. The van der Waals surface area contributed by atoms with Crippen LogP contribution in [0, 0.1) is 20.8 Å². The fraction of sp³-hybridized carbons (Fsp3) is 0.640. The molecule has 5 N–H and O–H groups in total. The fourth-order valence-corrected chi connectivity index (χ4v) is 6.95. The van der Waals surface area contributed by atoms with E-state index in [1.165, 1.54) is 0 Å². The summed E-state index contributed by atoms with van der Waals surface area (Å²) in [6, 6.07) is -1.39. The van der Waals surface area contributed by atoms with E-state index in [0.717, 1.165) is 16.9 Å². The lowest BCUT2D eigenvalue weighted by Gasteiger charge is -2.29. The number of likely N-dealkylation sites (tertiary alicyclic amines) is 1. The number of guanidine groups is 1. The first-order valence-corrected chi connectivity index (χ1v) is 14.0. The van der Waals surface area contributed by atoms with Crippen LogP contribution in [0.5, 0.6) is 5.75 Å². The summed E-state index contributed by atoms with van der Waals surface area (Å²) in [4.78, 5) is 29.9. The lowest BCUT2D eigenvalue weighted by atomic mass is 9.94. The zero-order valence-corrected chi connectivity index (χ0v) is 23.0. The predicted molar refractivity (Wildman–Crippen MR) is 139 cm³/mol. The minimum atomic E-state index is -4.03. The Morgan fingerprint density at radius 1 is 1.22 bits per heavy atom. The molecular formula is C25H38FN5O5S. The number of rotatable bonds is 10. The molecule has 0 bridgehead atoms. The molecule has 206 valence electrons. The van der Waals surface area contributed by atoms with Crippen LogP contribution in [0.1, 0.15) is 61.8 Å². The molecule has 3 rings (SSSR count). The largest absolute Gasteiger partial charge is 0.487 e. The molecule has 2 aliphatic rings. The number of benzene rings is 1. The van der Waals surface area contributed by atoms with E-state index in [0.29, 0.717) is 43.4 Å². The highest BCUT2D eigenvalue weighted by atomic mass is 32.2. The first-order chi connectivity index (χ1) is 17.2. The van der Waals surface area contributed by atoms with Crippen LogP contribution >= 0.6 is 0 Å². The molecule has 2 atom stereocenters. The Balaban J connectivity index is 1.70. The fourth-order valence-electron chi connectivity index (χ4n) is 5.42. The Bertz CT molecular complexity index is 1210. The number of alkyl halides is 1. The molecule has 2 heterocycles. The first kappa shape index (κ1) is 28.8. The first-order valence-electron chi connectivity index (χ1n) is 12.5. The lowest BCUT2D eigenvalue weighted by molar-refractivity contribution is -0.129. The van der Waals surface area contributed by atoms with Gasteiger partial charge in [0.1, 0.15) is 18.0 Å². The van der Waals surface area contributed by atoms with Gasteiger partial charge in [-0.1, -0.05) is 0 Å². The van der Waals surface area contributed by atoms with Gasteiger partial charge in [-0.05, 0) is 83.5 Å². The lowest BCUT2D eigenvalue weighted by Crippen LogP contribution is -2.49. The molecule has 1 aromatic carbocycles. The number of nitrogens with one attached hydrogen (secondary N) is 1. The maximum atomic E-state index is 13.3. The van der Waals surface area contributed by atoms with Crippen molar-refractivity contribution in [3.63, 3.8) is 0 Å². The Kier molecular flexibility index (Phi) is 8.53. The SMILES string of the molecule is Cc1c(C)c(S(=O)(=O)NC(N)=NCCC[C@@H](C(=O)CF)N2CCCC2C(N)=O)c(C)c2c1OC(C)(C)C2. The van der Waals surface area contributed by atoms with Crippen LogP contribution in [0.15, 0.2) is 9.89 Å². The Morgan fingerprint density at radius 3 is 2.51 bits per heavy atom. The maximum absolute atomic E-state index is 13.3.